The van der Waals surface area contributed by atoms with Gasteiger partial charge in [-0.3, -0.25) is 5.01 Å². The number of anilines is 1. The Balaban J connectivity index is 1.80. The number of benzene rings is 3. The van der Waals surface area contributed by atoms with E-state index in [1.807, 2.05) is 54.6 Å². The van der Waals surface area contributed by atoms with E-state index < -0.39 is 17.8 Å². The van der Waals surface area contributed by atoms with E-state index in [-0.39, 0.29) is 5.56 Å². The van der Waals surface area contributed by atoms with Gasteiger partial charge in [0.25, 0.3) is 0 Å². The highest BCUT2D eigenvalue weighted by Gasteiger charge is 2.39. The molecule has 142 valence electrons. The van der Waals surface area contributed by atoms with Crippen LogP contribution in [-0.4, -0.2) is 5.71 Å². The van der Waals surface area contributed by atoms with E-state index in [9.17, 15) is 13.2 Å². The molecule has 6 heteroatoms. The average molecular weight is 445 g/mol. The lowest BCUT2D eigenvalue weighted by molar-refractivity contribution is -0.138. The average Bonchev–Trinajstić information content (AvgIpc) is 3.14. The fourth-order valence-corrected chi connectivity index (χ4v) is 3.70. The van der Waals surface area contributed by atoms with Crippen LogP contribution < -0.4 is 5.01 Å². The maximum atomic E-state index is 13.6. The summed E-state index contributed by atoms with van der Waals surface area (Å²) in [6, 6.07) is 22.2. The highest BCUT2D eigenvalue weighted by molar-refractivity contribution is 9.10. The van der Waals surface area contributed by atoms with Crippen LogP contribution in [0.2, 0.25) is 0 Å². The first-order valence-electron chi connectivity index (χ1n) is 8.77. The topological polar surface area (TPSA) is 15.6 Å². The molecule has 0 bridgehead atoms. The van der Waals surface area contributed by atoms with Crippen molar-refractivity contribution in [1.29, 1.82) is 0 Å². The van der Waals surface area contributed by atoms with Crippen molar-refractivity contribution in [3.8, 4) is 0 Å². The molecule has 0 N–H and O–H groups in total. The second-order valence-electron chi connectivity index (χ2n) is 6.54. The van der Waals surface area contributed by atoms with Crippen molar-refractivity contribution in [3.63, 3.8) is 0 Å². The second kappa shape index (κ2) is 7.43. The largest absolute Gasteiger partial charge is 0.416 e. The van der Waals surface area contributed by atoms with Crippen LogP contribution in [0.15, 0.2) is 88.4 Å². The van der Waals surface area contributed by atoms with E-state index in [4.69, 9.17) is 5.10 Å². The highest BCUT2D eigenvalue weighted by Crippen LogP contribution is 2.42. The van der Waals surface area contributed by atoms with Crippen LogP contribution in [0.3, 0.4) is 0 Å². The Kier molecular flexibility index (Phi) is 4.98. The first-order chi connectivity index (χ1) is 13.4. The molecule has 3 aromatic rings. The van der Waals surface area contributed by atoms with Crippen LogP contribution in [0.25, 0.3) is 0 Å². The molecule has 1 heterocycles. The molecule has 3 aromatic carbocycles. The summed E-state index contributed by atoms with van der Waals surface area (Å²) in [7, 11) is 0. The van der Waals surface area contributed by atoms with Gasteiger partial charge < -0.3 is 0 Å². The Labute approximate surface area is 169 Å². The highest BCUT2D eigenvalue weighted by atomic mass is 79.9. The minimum Gasteiger partial charge on any atom is -0.257 e. The Morgan fingerprint density at radius 1 is 0.857 bits per heavy atom. The van der Waals surface area contributed by atoms with Crippen molar-refractivity contribution in [2.24, 2.45) is 5.10 Å². The van der Waals surface area contributed by atoms with Crippen LogP contribution >= 0.6 is 15.9 Å². The molecule has 0 radical (unpaired) electrons. The maximum absolute atomic E-state index is 13.6. The van der Waals surface area contributed by atoms with Gasteiger partial charge in [-0.15, -0.1) is 0 Å². The van der Waals surface area contributed by atoms with Gasteiger partial charge in [0, 0.05) is 10.9 Å². The quantitative estimate of drug-likeness (QED) is 0.432. The summed E-state index contributed by atoms with van der Waals surface area (Å²) in [5, 5.41) is 6.40. The van der Waals surface area contributed by atoms with Gasteiger partial charge in [0.15, 0.2) is 0 Å². The summed E-state index contributed by atoms with van der Waals surface area (Å²) in [5.74, 6) is 0. The number of nitrogens with zero attached hydrogens (tertiary/aromatic N) is 2. The fourth-order valence-electron chi connectivity index (χ4n) is 3.43. The molecule has 0 amide bonds. The van der Waals surface area contributed by atoms with Crippen molar-refractivity contribution in [3.05, 3.63) is 100 Å². The molecular weight excluding hydrogens is 429 g/mol. The van der Waals surface area contributed by atoms with E-state index in [1.54, 1.807) is 17.1 Å². The first-order valence-corrected chi connectivity index (χ1v) is 9.56. The van der Waals surface area contributed by atoms with Gasteiger partial charge in [-0.2, -0.15) is 18.3 Å². The zero-order chi connectivity index (χ0) is 19.7. The number of para-hydroxylation sites is 1. The molecule has 28 heavy (non-hydrogen) atoms. The molecule has 0 fully saturated rings. The Hall–Kier alpha value is -2.60. The zero-order valence-electron chi connectivity index (χ0n) is 14.7. The van der Waals surface area contributed by atoms with Gasteiger partial charge >= 0.3 is 6.18 Å². The number of hydrogen-bond acceptors (Lipinski definition) is 2. The van der Waals surface area contributed by atoms with Gasteiger partial charge in [0.1, 0.15) is 0 Å². The number of rotatable bonds is 3. The fraction of sp³-hybridized carbons (Fsp3) is 0.136. The predicted octanol–water partition coefficient (Wildman–Crippen LogP) is 6.82. The summed E-state index contributed by atoms with van der Waals surface area (Å²) in [5.41, 5.74) is 2.04. The van der Waals surface area contributed by atoms with E-state index in [0.29, 0.717) is 6.42 Å². The Morgan fingerprint density at radius 3 is 2.18 bits per heavy atom. The normalized spacial score (nSPS) is 16.9. The van der Waals surface area contributed by atoms with E-state index in [0.717, 1.165) is 27.5 Å². The standard InChI is InChI=1S/C22H16BrF3N2/c23-16-12-10-15(11-13-16)20-14-21(28(27-20)17-6-2-1-3-7-17)18-8-4-5-9-19(18)22(24,25)26/h1-13,21H,14H2/t21-/m1/s1. The van der Waals surface area contributed by atoms with E-state index in [2.05, 4.69) is 15.9 Å². The summed E-state index contributed by atoms with van der Waals surface area (Å²) >= 11 is 3.41. The van der Waals surface area contributed by atoms with Crippen molar-refractivity contribution in [2.45, 2.75) is 18.6 Å². The third-order valence-corrected chi connectivity index (χ3v) is 5.26. The van der Waals surface area contributed by atoms with Crippen molar-refractivity contribution in [1.82, 2.24) is 0 Å². The SMILES string of the molecule is FC(F)(F)c1ccccc1[C@H]1CC(c2ccc(Br)cc2)=NN1c1ccccc1. The zero-order valence-corrected chi connectivity index (χ0v) is 16.3. The van der Waals surface area contributed by atoms with Crippen LogP contribution in [0.4, 0.5) is 18.9 Å². The maximum Gasteiger partial charge on any atom is 0.416 e. The van der Waals surface area contributed by atoms with Gasteiger partial charge in [0.2, 0.25) is 0 Å². The minimum atomic E-state index is -4.42. The molecule has 1 aliphatic rings. The molecule has 0 aliphatic carbocycles. The van der Waals surface area contributed by atoms with Gasteiger partial charge in [-0.25, -0.2) is 0 Å². The second-order valence-corrected chi connectivity index (χ2v) is 7.45. The Morgan fingerprint density at radius 2 is 1.50 bits per heavy atom. The van der Waals surface area contributed by atoms with Crippen LogP contribution in [0, 0.1) is 0 Å². The van der Waals surface area contributed by atoms with E-state index in [1.165, 1.54) is 6.07 Å². The minimum absolute atomic E-state index is 0.231. The van der Waals surface area contributed by atoms with Crippen LogP contribution in [0.1, 0.15) is 29.2 Å². The number of hydrazone groups is 1. The van der Waals surface area contributed by atoms with Crippen molar-refractivity contribution < 1.29 is 13.2 Å². The molecule has 0 saturated carbocycles. The molecule has 0 unspecified atom stereocenters. The van der Waals surface area contributed by atoms with Gasteiger partial charge in [-0.1, -0.05) is 64.5 Å². The van der Waals surface area contributed by atoms with E-state index >= 15 is 0 Å². The lowest BCUT2D eigenvalue weighted by Gasteiger charge is -2.26. The molecule has 2 nitrogen and oxygen atoms in total. The molecule has 4 rings (SSSR count). The van der Waals surface area contributed by atoms with Crippen molar-refractivity contribution >= 4 is 27.3 Å². The summed E-state index contributed by atoms with van der Waals surface area (Å²) in [6.07, 6.45) is -4.02. The molecular formula is C22H16BrF3N2. The monoisotopic (exact) mass is 444 g/mol. The lowest BCUT2D eigenvalue weighted by atomic mass is 9.94. The number of alkyl halides is 3. The third-order valence-electron chi connectivity index (χ3n) is 4.73. The summed E-state index contributed by atoms with van der Waals surface area (Å²) < 4.78 is 41.8. The smallest absolute Gasteiger partial charge is 0.257 e. The summed E-state index contributed by atoms with van der Waals surface area (Å²) in [4.78, 5) is 0. The molecule has 1 aliphatic heterocycles. The van der Waals surface area contributed by atoms with Crippen molar-refractivity contribution in [2.75, 3.05) is 5.01 Å². The first kappa shape index (κ1) is 18.7. The van der Waals surface area contributed by atoms with Gasteiger partial charge in [0.05, 0.1) is 23.0 Å². The molecule has 1 atom stereocenters. The van der Waals surface area contributed by atoms with Crippen LogP contribution in [0.5, 0.6) is 0 Å². The van der Waals surface area contributed by atoms with Crippen LogP contribution in [-0.2, 0) is 6.18 Å². The Bertz CT molecular complexity index is 998. The summed E-state index contributed by atoms with van der Waals surface area (Å²) in [6.45, 7) is 0. The molecule has 0 aromatic heterocycles. The molecule has 0 saturated heterocycles. The van der Waals surface area contributed by atoms with Gasteiger partial charge in [-0.05, 0) is 41.5 Å². The lowest BCUT2D eigenvalue weighted by Crippen LogP contribution is -2.22. The predicted molar refractivity (Wildman–Crippen MR) is 108 cm³/mol. The number of hydrogen-bond donors (Lipinski definition) is 0. The number of halogens is 4. The molecule has 0 spiro atoms. The third kappa shape index (κ3) is 3.69.